The number of nitrogens with zero attached hydrogens (tertiary/aromatic N) is 2. The highest BCUT2D eigenvalue weighted by Gasteiger charge is 2.20. The summed E-state index contributed by atoms with van der Waals surface area (Å²) in [5, 5.41) is 0. The third kappa shape index (κ3) is 2.37. The molecule has 2 aliphatic rings. The van der Waals surface area contributed by atoms with Gasteiger partial charge in [-0.25, -0.2) is 9.78 Å². The molecule has 4 heteroatoms. The van der Waals surface area contributed by atoms with Crippen LogP contribution in [-0.2, 0) is 9.53 Å². The summed E-state index contributed by atoms with van der Waals surface area (Å²) in [7, 11) is 0. The Morgan fingerprint density at radius 1 is 1.40 bits per heavy atom. The molecule has 0 atom stereocenters. The molecular weight excluding hydrogens is 252 g/mol. The molecule has 1 heterocycles. The van der Waals surface area contributed by atoms with Gasteiger partial charge in [0.25, 0.3) is 0 Å². The van der Waals surface area contributed by atoms with Crippen molar-refractivity contribution < 1.29 is 9.53 Å². The Labute approximate surface area is 117 Å². The average molecular weight is 268 g/mol. The Balaban J connectivity index is 1.83. The Hall–Kier alpha value is -2.36. The Morgan fingerprint density at radius 3 is 3.05 bits per heavy atom. The zero-order valence-electron chi connectivity index (χ0n) is 11.4. The minimum atomic E-state index is -0.220. The zero-order valence-corrected chi connectivity index (χ0v) is 11.4. The molecule has 0 saturated heterocycles. The van der Waals surface area contributed by atoms with Crippen molar-refractivity contribution in [1.82, 2.24) is 9.55 Å². The van der Waals surface area contributed by atoms with Crippen molar-refractivity contribution >= 4 is 11.7 Å². The van der Waals surface area contributed by atoms with E-state index in [9.17, 15) is 4.79 Å². The van der Waals surface area contributed by atoms with Crippen LogP contribution in [0.2, 0.25) is 0 Å². The van der Waals surface area contributed by atoms with E-state index in [1.165, 1.54) is 11.1 Å². The van der Waals surface area contributed by atoms with Gasteiger partial charge in [0.05, 0.1) is 12.9 Å². The number of hydrogen-bond acceptors (Lipinski definition) is 3. The number of carbonyl (C=O) groups excluding carboxylic acids is 1. The summed E-state index contributed by atoms with van der Waals surface area (Å²) in [5.41, 5.74) is 4.26. The number of ether oxygens (including phenoxy) is 1. The summed E-state index contributed by atoms with van der Waals surface area (Å²) in [6.45, 7) is 2.23. The number of carbonyl (C=O) groups is 1. The predicted octanol–water partition coefficient (Wildman–Crippen LogP) is 2.87. The molecule has 0 N–H and O–H groups in total. The molecule has 3 rings (SSSR count). The zero-order chi connectivity index (χ0) is 13.9. The molecule has 0 spiro atoms. The van der Waals surface area contributed by atoms with Crippen LogP contribution in [0.4, 0.5) is 0 Å². The molecule has 102 valence electrons. The van der Waals surface area contributed by atoms with Crippen molar-refractivity contribution in [3.63, 3.8) is 0 Å². The highest BCUT2D eigenvalue weighted by atomic mass is 16.5. The molecule has 1 aromatic rings. The predicted molar refractivity (Wildman–Crippen MR) is 76.6 cm³/mol. The maximum absolute atomic E-state index is 11.8. The van der Waals surface area contributed by atoms with Crippen LogP contribution < -0.4 is 0 Å². The van der Waals surface area contributed by atoms with Crippen LogP contribution >= 0.6 is 0 Å². The van der Waals surface area contributed by atoms with Gasteiger partial charge >= 0.3 is 5.97 Å². The molecule has 0 radical (unpaired) electrons. The smallest absolute Gasteiger partial charge is 0.334 e. The maximum Gasteiger partial charge on any atom is 0.334 e. The Kier molecular flexibility index (Phi) is 3.37. The first kappa shape index (κ1) is 12.7. The fourth-order valence-corrected chi connectivity index (χ4v) is 2.44. The molecular formula is C16H16N2O2. The normalized spacial score (nSPS) is 17.4. The van der Waals surface area contributed by atoms with Crippen LogP contribution in [0.15, 0.2) is 59.7 Å². The molecule has 4 nitrogen and oxygen atoms in total. The van der Waals surface area contributed by atoms with Gasteiger partial charge in [-0.2, -0.15) is 0 Å². The number of fused-ring (bicyclic) bond motifs is 1. The summed E-state index contributed by atoms with van der Waals surface area (Å²) >= 11 is 0. The minimum absolute atomic E-state index is 0.220. The average Bonchev–Trinajstić information content (AvgIpc) is 3.00. The van der Waals surface area contributed by atoms with Crippen LogP contribution in [0, 0.1) is 0 Å². The van der Waals surface area contributed by atoms with E-state index in [4.69, 9.17) is 4.74 Å². The molecule has 0 fully saturated rings. The molecule has 0 aromatic carbocycles. The van der Waals surface area contributed by atoms with E-state index in [0.717, 1.165) is 12.1 Å². The van der Waals surface area contributed by atoms with Crippen molar-refractivity contribution in [2.45, 2.75) is 19.8 Å². The van der Waals surface area contributed by atoms with E-state index >= 15 is 0 Å². The van der Waals surface area contributed by atoms with Crippen molar-refractivity contribution in [2.24, 2.45) is 0 Å². The lowest BCUT2D eigenvalue weighted by atomic mass is 9.87. The fraction of sp³-hybridized carbons (Fsp3) is 0.250. The number of esters is 1. The van der Waals surface area contributed by atoms with Crippen LogP contribution in [0.5, 0.6) is 0 Å². The molecule has 0 saturated carbocycles. The van der Waals surface area contributed by atoms with E-state index in [1.807, 2.05) is 29.8 Å². The second-order valence-corrected chi connectivity index (χ2v) is 4.75. The van der Waals surface area contributed by atoms with Gasteiger partial charge in [0, 0.05) is 30.1 Å². The lowest BCUT2D eigenvalue weighted by Crippen LogP contribution is -2.12. The third-order valence-corrected chi connectivity index (χ3v) is 3.47. The van der Waals surface area contributed by atoms with Crippen LogP contribution in [0.3, 0.4) is 0 Å². The summed E-state index contributed by atoms with van der Waals surface area (Å²) in [6.07, 6.45) is 15.1. The molecule has 0 bridgehead atoms. The molecule has 0 unspecified atom stereocenters. The molecule has 1 aromatic heterocycles. The SMILES string of the molecule is CCOC(=O)C1=CC=C2CC=C(n3ccnc3)C=C2C1. The van der Waals surface area contributed by atoms with E-state index < -0.39 is 0 Å². The lowest BCUT2D eigenvalue weighted by Gasteiger charge is -2.21. The van der Waals surface area contributed by atoms with Gasteiger partial charge in [-0.1, -0.05) is 18.2 Å². The topological polar surface area (TPSA) is 44.1 Å². The number of hydrogen-bond donors (Lipinski definition) is 0. The highest BCUT2D eigenvalue weighted by Crippen LogP contribution is 2.33. The molecule has 2 aliphatic carbocycles. The summed E-state index contributed by atoms with van der Waals surface area (Å²) in [5.74, 6) is -0.220. The quantitative estimate of drug-likeness (QED) is 0.792. The van der Waals surface area contributed by atoms with Gasteiger partial charge in [-0.3, -0.25) is 0 Å². The first-order valence-electron chi connectivity index (χ1n) is 6.74. The summed E-state index contributed by atoms with van der Waals surface area (Å²) in [6, 6.07) is 0. The summed E-state index contributed by atoms with van der Waals surface area (Å²) in [4.78, 5) is 15.9. The Bertz CT molecular complexity index is 646. The maximum atomic E-state index is 11.8. The number of aromatic nitrogens is 2. The molecule has 20 heavy (non-hydrogen) atoms. The number of rotatable bonds is 3. The van der Waals surface area contributed by atoms with Crippen molar-refractivity contribution in [3.8, 4) is 0 Å². The fourth-order valence-electron chi connectivity index (χ4n) is 2.44. The van der Waals surface area contributed by atoms with Gasteiger partial charge < -0.3 is 9.30 Å². The van der Waals surface area contributed by atoms with Crippen LogP contribution in [-0.4, -0.2) is 22.1 Å². The van der Waals surface area contributed by atoms with E-state index in [-0.39, 0.29) is 5.97 Å². The standard InChI is InChI=1S/C16H16N2O2/c1-2-20-16(19)13-4-3-12-5-6-15(10-14(12)9-13)18-8-7-17-11-18/h3-4,6-8,10-11H,2,5,9H2,1H3. The lowest BCUT2D eigenvalue weighted by molar-refractivity contribution is -0.138. The van der Waals surface area contributed by atoms with Crippen molar-refractivity contribution in [1.29, 1.82) is 0 Å². The highest BCUT2D eigenvalue weighted by molar-refractivity contribution is 5.90. The number of imidazole rings is 1. The second-order valence-electron chi connectivity index (χ2n) is 4.75. The minimum Gasteiger partial charge on any atom is -0.463 e. The largest absolute Gasteiger partial charge is 0.463 e. The molecule has 0 amide bonds. The van der Waals surface area contributed by atoms with E-state index in [2.05, 4.69) is 17.1 Å². The van der Waals surface area contributed by atoms with E-state index in [1.54, 1.807) is 12.5 Å². The molecule has 0 aliphatic heterocycles. The van der Waals surface area contributed by atoms with Gasteiger partial charge in [-0.05, 0) is 30.6 Å². The third-order valence-electron chi connectivity index (χ3n) is 3.47. The van der Waals surface area contributed by atoms with Gasteiger partial charge in [-0.15, -0.1) is 0 Å². The first-order chi connectivity index (χ1) is 9.78. The first-order valence-corrected chi connectivity index (χ1v) is 6.74. The Morgan fingerprint density at radius 2 is 2.30 bits per heavy atom. The van der Waals surface area contributed by atoms with Crippen LogP contribution in [0.25, 0.3) is 5.70 Å². The van der Waals surface area contributed by atoms with E-state index in [0.29, 0.717) is 18.6 Å². The number of allylic oxidation sites excluding steroid dienone is 7. The van der Waals surface area contributed by atoms with Crippen molar-refractivity contribution in [3.05, 3.63) is 59.7 Å². The van der Waals surface area contributed by atoms with Gasteiger partial charge in [0.1, 0.15) is 0 Å². The monoisotopic (exact) mass is 268 g/mol. The summed E-state index contributed by atoms with van der Waals surface area (Å²) < 4.78 is 7.04. The van der Waals surface area contributed by atoms with Gasteiger partial charge in [0.2, 0.25) is 0 Å². The van der Waals surface area contributed by atoms with Crippen LogP contribution in [0.1, 0.15) is 19.8 Å². The second kappa shape index (κ2) is 5.33. The van der Waals surface area contributed by atoms with Crippen molar-refractivity contribution in [2.75, 3.05) is 6.61 Å². The van der Waals surface area contributed by atoms with Gasteiger partial charge in [0.15, 0.2) is 0 Å².